The van der Waals surface area contributed by atoms with E-state index in [1.165, 1.54) is 30.5 Å². The van der Waals surface area contributed by atoms with E-state index in [-0.39, 0.29) is 23.6 Å². The van der Waals surface area contributed by atoms with Crippen LogP contribution in [0.25, 0.3) is 0 Å². The number of hydrogen-bond donors (Lipinski definition) is 1. The molecule has 0 aromatic carbocycles. The zero-order valence-electron chi connectivity index (χ0n) is 14.6. The number of β-lactam (4-membered cyclic amide) rings is 1. The van der Waals surface area contributed by atoms with Gasteiger partial charge < -0.3 is 19.9 Å². The molecule has 2 amide bonds. The highest BCUT2D eigenvalue weighted by Crippen LogP contribution is 2.40. The van der Waals surface area contributed by atoms with Gasteiger partial charge in [-0.05, 0) is 0 Å². The quantitative estimate of drug-likeness (QED) is 0.431. The molecule has 1 saturated heterocycles. The van der Waals surface area contributed by atoms with Gasteiger partial charge in [0.2, 0.25) is 12.2 Å². The average molecular weight is 374 g/mol. The van der Waals surface area contributed by atoms with E-state index in [0.717, 1.165) is 0 Å². The largest absolute Gasteiger partial charge is 0.445 e. The molecule has 2 rings (SSSR count). The number of fused-ring (bicyclic) bond motifs is 1. The van der Waals surface area contributed by atoms with Crippen LogP contribution in [-0.4, -0.2) is 52.9 Å². The van der Waals surface area contributed by atoms with Crippen molar-refractivity contribution in [1.29, 1.82) is 0 Å². The molecule has 1 fully saturated rings. The lowest BCUT2D eigenvalue weighted by atomic mass is 10.1. The van der Waals surface area contributed by atoms with E-state index in [4.69, 9.17) is 19.9 Å². The van der Waals surface area contributed by atoms with Gasteiger partial charge in [0.25, 0.3) is 0 Å². The molecule has 140 valence electrons. The minimum Gasteiger partial charge on any atom is -0.445 e. The third-order valence-corrected chi connectivity index (χ3v) is 4.40. The number of ether oxygens (including phenoxy) is 3. The Morgan fingerprint density at radius 1 is 1.32 bits per heavy atom. The predicted octanol–water partition coefficient (Wildman–Crippen LogP) is 1.12. The van der Waals surface area contributed by atoms with Crippen molar-refractivity contribution < 1.29 is 33.4 Å². The van der Waals surface area contributed by atoms with Crippen LogP contribution in [0.3, 0.4) is 0 Å². The third-order valence-electron chi connectivity index (χ3n) is 3.12. The fraction of sp³-hybridized carbons (Fsp3) is 0.600. The molecule has 1 unspecified atom stereocenters. The first-order valence-corrected chi connectivity index (χ1v) is 8.80. The highest BCUT2D eigenvalue weighted by molar-refractivity contribution is 8.00. The van der Waals surface area contributed by atoms with Crippen LogP contribution in [0.4, 0.5) is 4.79 Å². The smallest absolute Gasteiger partial charge is 0.404 e. The molecule has 2 N–H and O–H groups in total. The Morgan fingerprint density at radius 3 is 2.48 bits per heavy atom. The summed E-state index contributed by atoms with van der Waals surface area (Å²) in [5.74, 6) is -1.26. The second kappa shape index (κ2) is 9.30. The highest BCUT2D eigenvalue weighted by atomic mass is 32.2. The Bertz CT molecular complexity index is 590. The molecule has 0 spiro atoms. The molecule has 25 heavy (non-hydrogen) atoms. The third kappa shape index (κ3) is 5.38. The molecular formula is C15H22N2O7S. The highest BCUT2D eigenvalue weighted by Gasteiger charge is 2.46. The maximum Gasteiger partial charge on any atom is 0.404 e. The normalized spacial score (nSPS) is 19.6. The summed E-state index contributed by atoms with van der Waals surface area (Å²) >= 11 is 1.45. The number of esters is 2. The summed E-state index contributed by atoms with van der Waals surface area (Å²) in [6.45, 7) is 6.35. The van der Waals surface area contributed by atoms with Crippen LogP contribution < -0.4 is 5.73 Å². The number of carbonyl (C=O) groups is 4. The van der Waals surface area contributed by atoms with Gasteiger partial charge in [0.1, 0.15) is 12.3 Å². The van der Waals surface area contributed by atoms with Crippen molar-refractivity contribution in [1.82, 2.24) is 4.90 Å². The number of nitrogens with two attached hydrogens (primary N) is 1. The number of nitrogens with zero attached hydrogens (tertiary/aromatic N) is 1. The van der Waals surface area contributed by atoms with Crippen molar-refractivity contribution in [3.63, 3.8) is 0 Å². The second-order valence-electron chi connectivity index (χ2n) is 4.88. The summed E-state index contributed by atoms with van der Waals surface area (Å²) in [7, 11) is 0. The number of primary amides is 1. The van der Waals surface area contributed by atoms with E-state index < -0.39 is 24.3 Å². The predicted molar refractivity (Wildman–Crippen MR) is 88.9 cm³/mol. The zero-order valence-corrected chi connectivity index (χ0v) is 15.4. The van der Waals surface area contributed by atoms with Gasteiger partial charge in [-0.1, -0.05) is 13.8 Å². The minimum atomic E-state index is -1.10. The van der Waals surface area contributed by atoms with Crippen LogP contribution >= 0.6 is 11.8 Å². The number of amides is 2. The maximum atomic E-state index is 12.3. The minimum absolute atomic E-state index is 0.0188. The molecule has 0 bridgehead atoms. The standard InChI is InChI=1S/C13H16N2O7S.C2H6/c1-6(16)21-7(2)22-12(18)11-8(4-20-13(14)19)5-23-10-3-9(17)15(10)11;1-2/h7,10H,3-5H2,1-2H3,(H2,14,19);1-2H3/t7?,10-;/m1./s1. The van der Waals surface area contributed by atoms with Gasteiger partial charge in [-0.2, -0.15) is 0 Å². The molecule has 0 aromatic heterocycles. The van der Waals surface area contributed by atoms with Crippen molar-refractivity contribution in [3.05, 3.63) is 11.3 Å². The molecule has 0 radical (unpaired) electrons. The first-order chi connectivity index (χ1) is 11.8. The Kier molecular flexibility index (Phi) is 7.75. The van der Waals surface area contributed by atoms with Gasteiger partial charge in [0.05, 0.1) is 11.8 Å². The van der Waals surface area contributed by atoms with E-state index in [2.05, 4.69) is 0 Å². The molecule has 2 atom stereocenters. The molecule has 0 aromatic rings. The summed E-state index contributed by atoms with van der Waals surface area (Å²) in [6.07, 6.45) is -1.76. The summed E-state index contributed by atoms with van der Waals surface area (Å²) in [4.78, 5) is 47.0. The van der Waals surface area contributed by atoms with Crippen molar-refractivity contribution in [3.8, 4) is 0 Å². The van der Waals surface area contributed by atoms with Gasteiger partial charge in [0.15, 0.2) is 0 Å². The SMILES string of the molecule is CC.CC(=O)OC(C)OC(=O)C1=C(COC(N)=O)CS[C@@H]2CC(=O)N12. The number of thioether (sulfide) groups is 1. The van der Waals surface area contributed by atoms with Crippen molar-refractivity contribution in [2.24, 2.45) is 5.73 Å². The number of rotatable bonds is 5. The van der Waals surface area contributed by atoms with E-state index in [1.807, 2.05) is 13.8 Å². The molecule has 9 nitrogen and oxygen atoms in total. The Hall–Kier alpha value is -2.23. The summed E-state index contributed by atoms with van der Waals surface area (Å²) in [5, 5.41) is -0.147. The average Bonchev–Trinajstić information content (AvgIpc) is 2.52. The number of carbonyl (C=O) groups excluding carboxylic acids is 4. The fourth-order valence-electron chi connectivity index (χ4n) is 2.20. The van der Waals surface area contributed by atoms with Gasteiger partial charge in [0, 0.05) is 25.2 Å². The van der Waals surface area contributed by atoms with Gasteiger partial charge in [-0.15, -0.1) is 11.8 Å². The van der Waals surface area contributed by atoms with E-state index >= 15 is 0 Å². The Morgan fingerprint density at radius 2 is 1.96 bits per heavy atom. The van der Waals surface area contributed by atoms with Crippen molar-refractivity contribution in [2.45, 2.75) is 45.8 Å². The summed E-state index contributed by atoms with van der Waals surface area (Å²) < 4.78 is 14.5. The topological polar surface area (TPSA) is 125 Å². The van der Waals surface area contributed by atoms with Crippen LogP contribution in [-0.2, 0) is 28.6 Å². The van der Waals surface area contributed by atoms with Gasteiger partial charge >= 0.3 is 18.0 Å². The van der Waals surface area contributed by atoms with E-state index in [0.29, 0.717) is 17.7 Å². The fourth-order valence-corrected chi connectivity index (χ4v) is 3.45. The van der Waals surface area contributed by atoms with Crippen LogP contribution in [0.5, 0.6) is 0 Å². The lowest BCUT2D eigenvalue weighted by molar-refractivity contribution is -0.182. The first-order valence-electron chi connectivity index (χ1n) is 7.75. The molecule has 0 aliphatic carbocycles. The summed E-state index contributed by atoms with van der Waals surface area (Å²) in [5.41, 5.74) is 5.36. The van der Waals surface area contributed by atoms with Crippen LogP contribution in [0.2, 0.25) is 0 Å². The molecule has 2 heterocycles. The monoisotopic (exact) mass is 374 g/mol. The zero-order chi connectivity index (χ0) is 19.1. The molecule has 2 aliphatic rings. The van der Waals surface area contributed by atoms with Crippen molar-refractivity contribution >= 4 is 35.7 Å². The van der Waals surface area contributed by atoms with Crippen molar-refractivity contribution in [2.75, 3.05) is 12.4 Å². The Labute approximate surface area is 149 Å². The number of hydrogen-bond acceptors (Lipinski definition) is 8. The molecule has 10 heteroatoms. The lowest BCUT2D eigenvalue weighted by Gasteiger charge is -2.44. The molecule has 2 aliphatic heterocycles. The van der Waals surface area contributed by atoms with Crippen LogP contribution in [0, 0.1) is 0 Å². The second-order valence-corrected chi connectivity index (χ2v) is 6.04. The van der Waals surface area contributed by atoms with Gasteiger partial charge in [-0.25, -0.2) is 9.59 Å². The maximum absolute atomic E-state index is 12.3. The molecular weight excluding hydrogens is 352 g/mol. The lowest BCUT2D eigenvalue weighted by Crippen LogP contribution is -2.54. The molecule has 0 saturated carbocycles. The van der Waals surface area contributed by atoms with Crippen LogP contribution in [0.1, 0.15) is 34.1 Å². The summed E-state index contributed by atoms with van der Waals surface area (Å²) in [6, 6.07) is 0. The van der Waals surface area contributed by atoms with Gasteiger partial charge in [-0.3, -0.25) is 14.5 Å². The first kappa shape index (κ1) is 20.8. The Balaban J connectivity index is 0.00000151. The van der Waals surface area contributed by atoms with Crippen LogP contribution in [0.15, 0.2) is 11.3 Å². The van der Waals surface area contributed by atoms with E-state index in [9.17, 15) is 19.2 Å². The van der Waals surface area contributed by atoms with E-state index in [1.54, 1.807) is 0 Å².